The van der Waals surface area contributed by atoms with Crippen molar-refractivity contribution < 1.29 is 4.52 Å². The molecule has 1 aliphatic heterocycles. The summed E-state index contributed by atoms with van der Waals surface area (Å²) in [6, 6.07) is 6.11. The monoisotopic (exact) mass is 418 g/mol. The zero-order valence-corrected chi connectivity index (χ0v) is 17.6. The molecule has 0 bridgehead atoms. The Balaban J connectivity index is 1.18. The number of aryl methyl sites for hydroxylation is 1. The molecule has 0 aromatic carbocycles. The van der Waals surface area contributed by atoms with Gasteiger partial charge in [-0.15, -0.1) is 11.3 Å². The second-order valence-electron chi connectivity index (χ2n) is 8.29. The van der Waals surface area contributed by atoms with E-state index in [9.17, 15) is 0 Å². The molecule has 0 N–H and O–H groups in total. The SMILES string of the molecule is CCc1cc2c(N3CCC4(CC3)C[C@@H]4c3nc(-c4cccnc4)no3)ncnc2s1. The number of aromatic nitrogens is 5. The summed E-state index contributed by atoms with van der Waals surface area (Å²) in [5.41, 5.74) is 1.19. The quantitative estimate of drug-likeness (QED) is 0.483. The van der Waals surface area contributed by atoms with Crippen LogP contribution in [0.5, 0.6) is 0 Å². The van der Waals surface area contributed by atoms with Gasteiger partial charge in [0.25, 0.3) is 0 Å². The maximum Gasteiger partial charge on any atom is 0.230 e. The number of nitrogens with zero attached hydrogens (tertiary/aromatic N) is 6. The highest BCUT2D eigenvalue weighted by Gasteiger charge is 2.58. The van der Waals surface area contributed by atoms with Gasteiger partial charge in [-0.05, 0) is 49.3 Å². The molecular weight excluding hydrogens is 396 g/mol. The molecule has 0 radical (unpaired) electrons. The number of hydrogen-bond acceptors (Lipinski definition) is 8. The lowest BCUT2D eigenvalue weighted by Gasteiger charge is -2.33. The number of fused-ring (bicyclic) bond motifs is 1. The van der Waals surface area contributed by atoms with Gasteiger partial charge >= 0.3 is 0 Å². The van der Waals surface area contributed by atoms with Gasteiger partial charge in [-0.25, -0.2) is 9.97 Å². The smallest absolute Gasteiger partial charge is 0.230 e. The zero-order chi connectivity index (χ0) is 20.1. The van der Waals surface area contributed by atoms with E-state index in [0.717, 1.165) is 60.9 Å². The number of thiophene rings is 1. The molecule has 152 valence electrons. The van der Waals surface area contributed by atoms with E-state index >= 15 is 0 Å². The molecule has 6 rings (SSSR count). The summed E-state index contributed by atoms with van der Waals surface area (Å²) >= 11 is 1.78. The lowest BCUT2D eigenvalue weighted by Crippen LogP contribution is -2.35. The van der Waals surface area contributed by atoms with Crippen molar-refractivity contribution in [3.63, 3.8) is 0 Å². The van der Waals surface area contributed by atoms with E-state index in [1.165, 1.54) is 10.3 Å². The molecule has 0 unspecified atom stereocenters. The topological polar surface area (TPSA) is 80.8 Å². The van der Waals surface area contributed by atoms with Crippen LogP contribution in [0.15, 0.2) is 41.4 Å². The van der Waals surface area contributed by atoms with Crippen LogP contribution in [-0.4, -0.2) is 38.2 Å². The van der Waals surface area contributed by atoms with Crippen LogP contribution in [-0.2, 0) is 6.42 Å². The Morgan fingerprint density at radius 2 is 2.17 bits per heavy atom. The van der Waals surface area contributed by atoms with Gasteiger partial charge in [0.05, 0.1) is 5.39 Å². The molecule has 0 amide bonds. The predicted molar refractivity (Wildman–Crippen MR) is 116 cm³/mol. The van der Waals surface area contributed by atoms with Crippen LogP contribution in [0.1, 0.15) is 42.9 Å². The van der Waals surface area contributed by atoms with Crippen LogP contribution in [0.2, 0.25) is 0 Å². The Hall–Kier alpha value is -2.87. The fraction of sp³-hybridized carbons (Fsp3) is 0.409. The summed E-state index contributed by atoms with van der Waals surface area (Å²) in [6.07, 6.45) is 9.64. The van der Waals surface area contributed by atoms with Gasteiger partial charge in [-0.2, -0.15) is 4.98 Å². The number of piperidine rings is 1. The molecule has 1 spiro atoms. The maximum atomic E-state index is 5.63. The highest BCUT2D eigenvalue weighted by Crippen LogP contribution is 2.64. The molecule has 30 heavy (non-hydrogen) atoms. The van der Waals surface area contributed by atoms with Crippen LogP contribution < -0.4 is 4.90 Å². The Kier molecular flexibility index (Phi) is 4.09. The van der Waals surface area contributed by atoms with Gasteiger partial charge in [0.1, 0.15) is 17.0 Å². The summed E-state index contributed by atoms with van der Waals surface area (Å²) in [5.74, 6) is 2.86. The van der Waals surface area contributed by atoms with Gasteiger partial charge < -0.3 is 9.42 Å². The molecule has 7 nitrogen and oxygen atoms in total. The second kappa shape index (κ2) is 6.84. The Labute approximate surface area is 178 Å². The van der Waals surface area contributed by atoms with Gasteiger partial charge in [-0.1, -0.05) is 12.1 Å². The minimum atomic E-state index is 0.296. The van der Waals surface area contributed by atoms with Crippen LogP contribution in [0.3, 0.4) is 0 Å². The predicted octanol–water partition coefficient (Wildman–Crippen LogP) is 4.47. The van der Waals surface area contributed by atoms with Crippen LogP contribution in [0.4, 0.5) is 5.82 Å². The summed E-state index contributed by atoms with van der Waals surface area (Å²) in [7, 11) is 0. The Bertz CT molecular complexity index is 1190. The third-order valence-electron chi connectivity index (χ3n) is 6.62. The first-order valence-corrected chi connectivity index (χ1v) is 11.3. The summed E-state index contributed by atoms with van der Waals surface area (Å²) in [5, 5.41) is 5.38. The van der Waals surface area contributed by atoms with Crippen molar-refractivity contribution in [1.82, 2.24) is 25.1 Å². The van der Waals surface area contributed by atoms with Crippen LogP contribution in [0, 0.1) is 5.41 Å². The molecule has 1 saturated carbocycles. The number of pyridine rings is 1. The fourth-order valence-corrected chi connectivity index (χ4v) is 5.65. The van der Waals surface area contributed by atoms with Gasteiger partial charge in [0.15, 0.2) is 0 Å². The molecule has 2 fully saturated rings. The van der Waals surface area contributed by atoms with Crippen molar-refractivity contribution in [2.45, 2.75) is 38.5 Å². The highest BCUT2D eigenvalue weighted by molar-refractivity contribution is 7.18. The van der Waals surface area contributed by atoms with Gasteiger partial charge in [0, 0.05) is 41.8 Å². The molecule has 2 aliphatic rings. The number of anilines is 1. The summed E-state index contributed by atoms with van der Waals surface area (Å²) in [4.78, 5) is 22.8. The summed E-state index contributed by atoms with van der Waals surface area (Å²) in [6.45, 7) is 4.19. The van der Waals surface area contributed by atoms with E-state index < -0.39 is 0 Å². The molecule has 5 heterocycles. The normalized spacial score (nSPS) is 20.2. The maximum absolute atomic E-state index is 5.63. The largest absolute Gasteiger partial charge is 0.356 e. The average molecular weight is 419 g/mol. The van der Waals surface area contributed by atoms with Gasteiger partial charge in [-0.3, -0.25) is 4.98 Å². The van der Waals surface area contributed by atoms with E-state index in [0.29, 0.717) is 17.2 Å². The fourth-order valence-electron chi connectivity index (χ4n) is 4.72. The first-order valence-electron chi connectivity index (χ1n) is 10.5. The lowest BCUT2D eigenvalue weighted by molar-refractivity contribution is 0.326. The Morgan fingerprint density at radius 3 is 2.97 bits per heavy atom. The van der Waals surface area contributed by atoms with Crippen molar-refractivity contribution in [3.8, 4) is 11.4 Å². The van der Waals surface area contributed by atoms with Crippen molar-refractivity contribution in [1.29, 1.82) is 0 Å². The lowest BCUT2D eigenvalue weighted by atomic mass is 9.90. The zero-order valence-electron chi connectivity index (χ0n) is 16.8. The van der Waals surface area contributed by atoms with E-state index in [2.05, 4.69) is 43.0 Å². The Morgan fingerprint density at radius 1 is 1.27 bits per heavy atom. The summed E-state index contributed by atoms with van der Waals surface area (Å²) < 4.78 is 5.63. The molecule has 1 saturated heterocycles. The minimum absolute atomic E-state index is 0.296. The van der Waals surface area contributed by atoms with Crippen molar-refractivity contribution in [2.24, 2.45) is 5.41 Å². The molecule has 4 aromatic heterocycles. The average Bonchev–Trinajstić information content (AvgIpc) is 3.15. The van der Waals surface area contributed by atoms with Crippen LogP contribution in [0.25, 0.3) is 21.6 Å². The third kappa shape index (κ3) is 2.89. The molecular formula is C22H22N6OS. The highest BCUT2D eigenvalue weighted by atomic mass is 32.1. The standard InChI is InChI=1S/C22H22N6OS/c1-2-15-10-16-19(24-13-25-21(16)30-15)28-8-5-22(6-9-28)11-17(22)20-26-18(27-29-20)14-4-3-7-23-12-14/h3-4,7,10,12-13,17H,2,5-6,8-9,11H2,1H3/t17-/m1/s1. The first-order chi connectivity index (χ1) is 14.8. The van der Waals surface area contributed by atoms with E-state index in [1.807, 2.05) is 12.1 Å². The van der Waals surface area contributed by atoms with Crippen LogP contribution >= 0.6 is 11.3 Å². The molecule has 4 aromatic rings. The van der Waals surface area contributed by atoms with Crippen molar-refractivity contribution >= 4 is 27.4 Å². The minimum Gasteiger partial charge on any atom is -0.356 e. The third-order valence-corrected chi connectivity index (χ3v) is 7.80. The number of hydrogen-bond donors (Lipinski definition) is 0. The molecule has 1 aliphatic carbocycles. The van der Waals surface area contributed by atoms with Crippen molar-refractivity contribution in [3.05, 3.63) is 47.7 Å². The van der Waals surface area contributed by atoms with E-state index in [4.69, 9.17) is 4.52 Å². The van der Waals surface area contributed by atoms with Gasteiger partial charge in [0.2, 0.25) is 11.7 Å². The second-order valence-corrected chi connectivity index (χ2v) is 9.40. The number of rotatable bonds is 4. The van der Waals surface area contributed by atoms with E-state index in [-0.39, 0.29) is 0 Å². The van der Waals surface area contributed by atoms with Crippen molar-refractivity contribution in [2.75, 3.05) is 18.0 Å². The van der Waals surface area contributed by atoms with E-state index in [1.54, 1.807) is 30.1 Å². The first kappa shape index (κ1) is 17.9. The molecule has 8 heteroatoms. The molecule has 1 atom stereocenters.